The van der Waals surface area contributed by atoms with Crippen LogP contribution in [0.4, 0.5) is 13.2 Å². The van der Waals surface area contributed by atoms with Crippen molar-refractivity contribution in [2.24, 2.45) is 5.41 Å². The molecule has 21 heavy (non-hydrogen) atoms. The lowest BCUT2D eigenvalue weighted by Gasteiger charge is -2.28. The number of aromatic nitrogens is 2. The van der Waals surface area contributed by atoms with Crippen LogP contribution in [-0.2, 0) is 9.59 Å². The second kappa shape index (κ2) is 5.05. The van der Waals surface area contributed by atoms with Gasteiger partial charge >= 0.3 is 12.1 Å². The van der Waals surface area contributed by atoms with E-state index in [1.165, 1.54) is 24.0 Å². The normalized spacial score (nSPS) is 24.1. The molecule has 2 rings (SSSR count). The Bertz CT molecular complexity index is 544. The Hall–Kier alpha value is -2.06. The van der Waals surface area contributed by atoms with E-state index in [0.717, 1.165) is 4.90 Å². The largest absolute Gasteiger partial charge is 0.481 e. The highest BCUT2D eigenvalue weighted by Gasteiger charge is 2.64. The van der Waals surface area contributed by atoms with Gasteiger partial charge in [-0.1, -0.05) is 0 Å². The number of carbonyl (C=O) groups excluding carboxylic acids is 1. The fourth-order valence-electron chi connectivity index (χ4n) is 2.41. The third kappa shape index (κ3) is 2.47. The van der Waals surface area contributed by atoms with Crippen LogP contribution in [0.3, 0.4) is 0 Å². The Morgan fingerprint density at radius 3 is 2.52 bits per heavy atom. The molecule has 116 valence electrons. The number of carbonyl (C=O) groups is 2. The van der Waals surface area contributed by atoms with Crippen molar-refractivity contribution in [2.45, 2.75) is 25.6 Å². The minimum atomic E-state index is -4.90. The van der Waals surface area contributed by atoms with Crippen molar-refractivity contribution in [3.05, 3.63) is 18.5 Å². The second-order valence-electron chi connectivity index (χ2n) is 5.06. The highest BCUT2D eigenvalue weighted by Crippen LogP contribution is 2.46. The third-order valence-corrected chi connectivity index (χ3v) is 3.81. The standard InChI is InChI=1S/C12H14F3N3O3/c1-8(18-5-2-4-16-18)9(19)17-6-3-11(7-17,10(20)21)12(13,14)15/h2,4-5,8H,3,6-7H2,1H3,(H,20,21)/t8-,11+/m0/s1. The van der Waals surface area contributed by atoms with Gasteiger partial charge < -0.3 is 10.0 Å². The van der Waals surface area contributed by atoms with Gasteiger partial charge in [-0.3, -0.25) is 14.3 Å². The molecule has 1 aromatic heterocycles. The maximum absolute atomic E-state index is 13.0. The smallest absolute Gasteiger partial charge is 0.406 e. The predicted octanol–water partition coefficient (Wildman–Crippen LogP) is 1.31. The SMILES string of the molecule is C[C@@H](C(=O)N1CC[C@@](C(=O)O)(C(F)(F)F)C1)n1cccn1. The maximum atomic E-state index is 13.0. The molecular weight excluding hydrogens is 291 g/mol. The van der Waals surface area contributed by atoms with E-state index < -0.39 is 42.5 Å². The van der Waals surface area contributed by atoms with Gasteiger partial charge in [-0.15, -0.1) is 0 Å². The van der Waals surface area contributed by atoms with Crippen LogP contribution in [0.25, 0.3) is 0 Å². The van der Waals surface area contributed by atoms with Crippen molar-refractivity contribution in [1.82, 2.24) is 14.7 Å². The third-order valence-electron chi connectivity index (χ3n) is 3.81. The molecule has 0 aliphatic carbocycles. The van der Waals surface area contributed by atoms with E-state index in [9.17, 15) is 22.8 Å². The van der Waals surface area contributed by atoms with Crippen molar-refractivity contribution in [3.8, 4) is 0 Å². The number of nitrogens with zero attached hydrogens (tertiary/aromatic N) is 3. The van der Waals surface area contributed by atoms with Crippen LogP contribution >= 0.6 is 0 Å². The highest BCUT2D eigenvalue weighted by atomic mass is 19.4. The molecule has 0 radical (unpaired) electrons. The molecule has 0 spiro atoms. The molecule has 1 aliphatic rings. The molecule has 9 heteroatoms. The molecule has 1 N–H and O–H groups in total. The molecule has 0 bridgehead atoms. The maximum Gasteiger partial charge on any atom is 0.406 e. The summed E-state index contributed by atoms with van der Waals surface area (Å²) in [4.78, 5) is 24.2. The van der Waals surface area contributed by atoms with Crippen LogP contribution < -0.4 is 0 Å². The van der Waals surface area contributed by atoms with E-state index in [2.05, 4.69) is 5.10 Å². The summed E-state index contributed by atoms with van der Waals surface area (Å²) in [7, 11) is 0. The Morgan fingerprint density at radius 1 is 1.43 bits per heavy atom. The van der Waals surface area contributed by atoms with Crippen LogP contribution in [0.2, 0.25) is 0 Å². The van der Waals surface area contributed by atoms with Gasteiger partial charge in [0.15, 0.2) is 5.41 Å². The summed E-state index contributed by atoms with van der Waals surface area (Å²) in [6.07, 6.45) is -2.57. The lowest BCUT2D eigenvalue weighted by atomic mass is 9.86. The number of halogens is 3. The van der Waals surface area contributed by atoms with Crippen molar-refractivity contribution < 1.29 is 27.9 Å². The molecule has 1 amide bonds. The van der Waals surface area contributed by atoms with E-state index in [0.29, 0.717) is 0 Å². The van der Waals surface area contributed by atoms with Gasteiger partial charge in [0, 0.05) is 25.5 Å². The van der Waals surface area contributed by atoms with Gasteiger partial charge in [-0.05, 0) is 19.4 Å². The second-order valence-corrected chi connectivity index (χ2v) is 5.06. The molecule has 1 saturated heterocycles. The number of aliphatic carboxylic acids is 1. The van der Waals surface area contributed by atoms with Crippen molar-refractivity contribution in [3.63, 3.8) is 0 Å². The molecule has 0 saturated carbocycles. The summed E-state index contributed by atoms with van der Waals surface area (Å²) in [5.74, 6) is -2.52. The van der Waals surface area contributed by atoms with Crippen molar-refractivity contribution in [1.29, 1.82) is 0 Å². The van der Waals surface area contributed by atoms with E-state index in [1.807, 2.05) is 0 Å². The van der Waals surface area contributed by atoms with Crippen LogP contribution in [0.5, 0.6) is 0 Å². The van der Waals surface area contributed by atoms with Gasteiger partial charge in [-0.25, -0.2) is 0 Å². The van der Waals surface area contributed by atoms with E-state index >= 15 is 0 Å². The Labute approximate surface area is 118 Å². The van der Waals surface area contributed by atoms with Crippen molar-refractivity contribution in [2.75, 3.05) is 13.1 Å². The molecule has 2 heterocycles. The van der Waals surface area contributed by atoms with E-state index in [-0.39, 0.29) is 6.54 Å². The van der Waals surface area contributed by atoms with Gasteiger partial charge in [0.2, 0.25) is 5.91 Å². The van der Waals surface area contributed by atoms with Gasteiger partial charge in [-0.2, -0.15) is 18.3 Å². The molecule has 2 atom stereocenters. The first-order valence-electron chi connectivity index (χ1n) is 6.27. The zero-order valence-electron chi connectivity index (χ0n) is 11.2. The van der Waals surface area contributed by atoms with Crippen molar-refractivity contribution >= 4 is 11.9 Å². The summed E-state index contributed by atoms with van der Waals surface area (Å²) < 4.78 is 40.4. The number of hydrogen-bond acceptors (Lipinski definition) is 3. The minimum Gasteiger partial charge on any atom is -0.481 e. The van der Waals surface area contributed by atoms with Crippen LogP contribution in [-0.4, -0.2) is 50.9 Å². The number of rotatable bonds is 3. The molecule has 0 unspecified atom stereocenters. The Kier molecular flexibility index (Phi) is 3.68. The number of carboxylic acids is 1. The number of carboxylic acid groups (broad SMARTS) is 1. The number of alkyl halides is 3. The first-order chi connectivity index (χ1) is 9.69. The Morgan fingerprint density at radius 2 is 2.10 bits per heavy atom. The minimum absolute atomic E-state index is 0.240. The molecule has 1 aromatic rings. The van der Waals surface area contributed by atoms with E-state index in [1.54, 1.807) is 6.07 Å². The van der Waals surface area contributed by atoms with E-state index in [4.69, 9.17) is 5.11 Å². The topological polar surface area (TPSA) is 75.4 Å². The number of hydrogen-bond donors (Lipinski definition) is 1. The molecule has 0 aromatic carbocycles. The lowest BCUT2D eigenvalue weighted by Crippen LogP contribution is -2.48. The lowest BCUT2D eigenvalue weighted by molar-refractivity contribution is -0.227. The monoisotopic (exact) mass is 305 g/mol. The summed E-state index contributed by atoms with van der Waals surface area (Å²) >= 11 is 0. The predicted molar refractivity (Wildman–Crippen MR) is 64.3 cm³/mol. The number of amides is 1. The average molecular weight is 305 g/mol. The molecule has 1 aliphatic heterocycles. The average Bonchev–Trinajstić information content (AvgIpc) is 3.05. The van der Waals surface area contributed by atoms with Crippen LogP contribution in [0.15, 0.2) is 18.5 Å². The summed E-state index contributed by atoms with van der Waals surface area (Å²) in [5, 5.41) is 12.8. The fraction of sp³-hybridized carbons (Fsp3) is 0.583. The zero-order valence-corrected chi connectivity index (χ0v) is 11.2. The first kappa shape index (κ1) is 15.3. The van der Waals surface area contributed by atoms with Crippen LogP contribution in [0.1, 0.15) is 19.4 Å². The van der Waals surface area contributed by atoms with Gasteiger partial charge in [0.05, 0.1) is 0 Å². The summed E-state index contributed by atoms with van der Waals surface area (Å²) in [6.45, 7) is 0.399. The molecule has 1 fully saturated rings. The summed E-state index contributed by atoms with van der Waals surface area (Å²) in [5.41, 5.74) is -2.88. The quantitative estimate of drug-likeness (QED) is 0.913. The van der Waals surface area contributed by atoms with Gasteiger partial charge in [0.25, 0.3) is 0 Å². The molecule has 6 nitrogen and oxygen atoms in total. The van der Waals surface area contributed by atoms with Crippen LogP contribution in [0, 0.1) is 5.41 Å². The first-order valence-corrected chi connectivity index (χ1v) is 6.27. The highest BCUT2D eigenvalue weighted by molar-refractivity contribution is 5.83. The number of likely N-dealkylation sites (tertiary alicyclic amines) is 1. The zero-order chi connectivity index (χ0) is 15.8. The van der Waals surface area contributed by atoms with Gasteiger partial charge in [0.1, 0.15) is 6.04 Å². The molecular formula is C12H14F3N3O3. The fourth-order valence-corrected chi connectivity index (χ4v) is 2.41. The summed E-state index contributed by atoms with van der Waals surface area (Å²) in [6, 6.07) is 0.809. The Balaban J connectivity index is 2.18.